The molecule has 6 nitrogen and oxygen atoms in total. The summed E-state index contributed by atoms with van der Waals surface area (Å²) < 4.78 is 16.8. The highest BCUT2D eigenvalue weighted by Crippen LogP contribution is 2.14. The van der Waals surface area contributed by atoms with Crippen molar-refractivity contribution in [2.45, 2.75) is 258 Å². The Labute approximate surface area is 509 Å². The molecule has 0 aromatic heterocycles. The van der Waals surface area contributed by atoms with Crippen molar-refractivity contribution in [1.82, 2.24) is 0 Å². The van der Waals surface area contributed by atoms with Gasteiger partial charge in [-0.15, -0.1) is 0 Å². The molecule has 0 radical (unpaired) electrons. The number of rotatable bonds is 57. The summed E-state index contributed by atoms with van der Waals surface area (Å²) in [6, 6.07) is 0. The Hall–Kier alpha value is -5.75. The summed E-state index contributed by atoms with van der Waals surface area (Å²) in [5.41, 5.74) is 0. The number of esters is 3. The van der Waals surface area contributed by atoms with Crippen LogP contribution in [0.2, 0.25) is 0 Å². The van der Waals surface area contributed by atoms with Crippen LogP contribution in [-0.4, -0.2) is 37.2 Å². The summed E-state index contributed by atoms with van der Waals surface area (Å²) in [4.78, 5) is 38.3. The van der Waals surface area contributed by atoms with Crippen LogP contribution < -0.4 is 0 Å². The van der Waals surface area contributed by atoms with E-state index in [0.717, 1.165) is 128 Å². The Morgan fingerprint density at radius 2 is 0.482 bits per heavy atom. The minimum atomic E-state index is -0.841. The molecule has 0 rings (SSSR count). The van der Waals surface area contributed by atoms with Gasteiger partial charge in [0.25, 0.3) is 0 Å². The zero-order valence-electron chi connectivity index (χ0n) is 52.9. The summed E-state index contributed by atoms with van der Waals surface area (Å²) >= 11 is 0. The highest BCUT2D eigenvalue weighted by Gasteiger charge is 2.19. The molecule has 0 spiro atoms. The van der Waals surface area contributed by atoms with E-state index in [1.165, 1.54) is 70.6 Å². The zero-order valence-corrected chi connectivity index (χ0v) is 52.9. The van der Waals surface area contributed by atoms with Crippen molar-refractivity contribution in [2.75, 3.05) is 13.2 Å². The van der Waals surface area contributed by atoms with Crippen LogP contribution in [0.25, 0.3) is 0 Å². The number of hydrogen-bond donors (Lipinski definition) is 0. The minimum absolute atomic E-state index is 0.137. The smallest absolute Gasteiger partial charge is 0.306 e. The number of hydrogen-bond acceptors (Lipinski definition) is 6. The van der Waals surface area contributed by atoms with E-state index in [4.69, 9.17) is 14.2 Å². The highest BCUT2D eigenvalue weighted by atomic mass is 16.6. The van der Waals surface area contributed by atoms with Gasteiger partial charge in [-0.25, -0.2) is 0 Å². The third kappa shape index (κ3) is 66.9. The maximum absolute atomic E-state index is 12.9. The Kier molecular flexibility index (Phi) is 64.0. The van der Waals surface area contributed by atoms with E-state index >= 15 is 0 Å². The quantitative estimate of drug-likeness (QED) is 0.0261. The molecule has 1 unspecified atom stereocenters. The fourth-order valence-electron chi connectivity index (χ4n) is 8.21. The van der Waals surface area contributed by atoms with Gasteiger partial charge in [-0.05, 0) is 154 Å². The molecule has 6 heteroatoms. The Balaban J connectivity index is 4.57. The van der Waals surface area contributed by atoms with E-state index < -0.39 is 6.10 Å². The molecule has 0 aromatic rings. The molecule has 0 aliphatic heterocycles. The van der Waals surface area contributed by atoms with E-state index in [1.54, 1.807) is 0 Å². The summed E-state index contributed by atoms with van der Waals surface area (Å²) in [5, 5.41) is 0. The molecule has 0 N–H and O–H groups in total. The predicted octanol–water partition coefficient (Wildman–Crippen LogP) is 23.0. The van der Waals surface area contributed by atoms with Crippen LogP contribution in [0.3, 0.4) is 0 Å². The lowest BCUT2D eigenvalue weighted by molar-refractivity contribution is -0.167. The SMILES string of the molecule is CC/C=C\C/C=C\C/C=C\C/C=C\C/C=C\C/C=C\C/C=C\C/C=C\C/C=C\CCCC(=O)OCC(COC(=O)CCC/C=C\C/C=C\C/C=C\C/C=C\C/C=C\CC)OC(=O)CCCCCCCCCCC/C=C\C/C=C\CCCCC. The lowest BCUT2D eigenvalue weighted by Gasteiger charge is -2.18. The first-order valence-corrected chi connectivity index (χ1v) is 32.9. The summed E-state index contributed by atoms with van der Waals surface area (Å²) in [6.45, 7) is 6.28. The van der Waals surface area contributed by atoms with Crippen molar-refractivity contribution in [1.29, 1.82) is 0 Å². The van der Waals surface area contributed by atoms with Crippen LogP contribution in [0, 0.1) is 0 Å². The topological polar surface area (TPSA) is 78.9 Å². The van der Waals surface area contributed by atoms with Crippen LogP contribution in [0.4, 0.5) is 0 Å². The van der Waals surface area contributed by atoms with E-state index in [9.17, 15) is 14.4 Å². The van der Waals surface area contributed by atoms with E-state index in [1.807, 2.05) is 0 Å². The number of unbranched alkanes of at least 4 members (excludes halogenated alkanes) is 14. The fourth-order valence-corrected chi connectivity index (χ4v) is 8.21. The molecule has 0 aliphatic rings. The molecule has 0 heterocycles. The normalized spacial score (nSPS) is 13.4. The third-order valence-electron chi connectivity index (χ3n) is 13.1. The van der Waals surface area contributed by atoms with Crippen molar-refractivity contribution in [2.24, 2.45) is 0 Å². The first-order valence-electron chi connectivity index (χ1n) is 32.9. The molecule has 0 aromatic carbocycles. The monoisotopic (exact) mass is 1140 g/mol. The molecule has 0 saturated carbocycles. The molecule has 0 saturated heterocycles. The molecule has 0 aliphatic carbocycles. The van der Waals surface area contributed by atoms with Gasteiger partial charge in [0.15, 0.2) is 6.10 Å². The summed E-state index contributed by atoms with van der Waals surface area (Å²) in [5.74, 6) is -1.06. The van der Waals surface area contributed by atoms with Crippen LogP contribution >= 0.6 is 0 Å². The Morgan fingerprint density at radius 1 is 0.253 bits per heavy atom. The van der Waals surface area contributed by atoms with Crippen LogP contribution in [0.15, 0.2) is 194 Å². The van der Waals surface area contributed by atoms with Gasteiger partial charge >= 0.3 is 17.9 Å². The van der Waals surface area contributed by atoms with Crippen molar-refractivity contribution < 1.29 is 28.6 Å². The van der Waals surface area contributed by atoms with E-state index in [2.05, 4.69) is 215 Å². The first kappa shape index (κ1) is 77.2. The van der Waals surface area contributed by atoms with Crippen LogP contribution in [-0.2, 0) is 28.6 Å². The molecule has 83 heavy (non-hydrogen) atoms. The molecule has 0 fully saturated rings. The second kappa shape index (κ2) is 68.7. The molecule has 462 valence electrons. The molecule has 0 bridgehead atoms. The molecular weight excluding hydrogens is 1020 g/mol. The second-order valence-corrected chi connectivity index (χ2v) is 20.9. The van der Waals surface area contributed by atoms with Gasteiger partial charge in [0.1, 0.15) is 13.2 Å². The van der Waals surface area contributed by atoms with Crippen molar-refractivity contribution in [3.8, 4) is 0 Å². The van der Waals surface area contributed by atoms with Crippen molar-refractivity contribution in [3.63, 3.8) is 0 Å². The number of carbonyl (C=O) groups excluding carboxylic acids is 3. The Bertz CT molecular complexity index is 1990. The van der Waals surface area contributed by atoms with E-state index in [-0.39, 0.29) is 50.4 Å². The maximum Gasteiger partial charge on any atom is 0.306 e. The van der Waals surface area contributed by atoms with E-state index in [0.29, 0.717) is 12.8 Å². The largest absolute Gasteiger partial charge is 0.462 e. The van der Waals surface area contributed by atoms with Gasteiger partial charge in [0, 0.05) is 19.3 Å². The van der Waals surface area contributed by atoms with Gasteiger partial charge < -0.3 is 14.2 Å². The second-order valence-electron chi connectivity index (χ2n) is 20.9. The summed E-state index contributed by atoms with van der Waals surface area (Å²) in [7, 11) is 0. The fraction of sp³-hybridized carbons (Fsp3) is 0.545. The zero-order chi connectivity index (χ0) is 59.9. The van der Waals surface area contributed by atoms with Crippen molar-refractivity contribution >= 4 is 17.9 Å². The van der Waals surface area contributed by atoms with Gasteiger partial charge in [-0.3, -0.25) is 14.4 Å². The number of ether oxygens (including phenoxy) is 3. The highest BCUT2D eigenvalue weighted by molar-refractivity contribution is 5.71. The van der Waals surface area contributed by atoms with Gasteiger partial charge in [0.05, 0.1) is 0 Å². The predicted molar refractivity (Wildman–Crippen MR) is 361 cm³/mol. The Morgan fingerprint density at radius 3 is 0.771 bits per heavy atom. The van der Waals surface area contributed by atoms with Crippen LogP contribution in [0.5, 0.6) is 0 Å². The standard InChI is InChI=1S/C77H118O6/c1-4-7-10-13-16-19-22-25-28-31-33-34-35-36-37-38-39-40-41-42-44-46-49-52-55-58-61-64-67-70-76(79)82-73-74(72-81-75(78)69-66-63-60-57-54-51-48-45-30-27-24-21-18-15-12-9-6-3)83-77(80)71-68-65-62-59-56-53-50-47-43-32-29-26-23-20-17-14-11-8-5-2/h7,9-10,12,16-21,25-30,33-34,36-37,39-40,42,44,48-49,51-52,57-58,60-61,74H,4-6,8,11,13-15,22-24,31-32,35,38,41,43,45-47,50,53-56,59,62-73H2,1-3H3/b10-7-,12-9-,19-16-,20-17-,21-18-,28-25-,29-26-,30-27-,34-33-,37-36-,40-39-,44-42-,51-48-,52-49-,60-57-,61-58-. The van der Waals surface area contributed by atoms with Gasteiger partial charge in [-0.1, -0.05) is 273 Å². The van der Waals surface area contributed by atoms with Gasteiger partial charge in [0.2, 0.25) is 0 Å². The minimum Gasteiger partial charge on any atom is -0.462 e. The average Bonchev–Trinajstić information content (AvgIpc) is 3.49. The lowest BCUT2D eigenvalue weighted by atomic mass is 10.1. The van der Waals surface area contributed by atoms with Crippen molar-refractivity contribution in [3.05, 3.63) is 194 Å². The summed E-state index contributed by atoms with van der Waals surface area (Å²) in [6.07, 6.45) is 104. The molecular formula is C77H118O6. The van der Waals surface area contributed by atoms with Gasteiger partial charge in [-0.2, -0.15) is 0 Å². The maximum atomic E-state index is 12.9. The third-order valence-corrected chi connectivity index (χ3v) is 13.1. The average molecular weight is 1140 g/mol. The molecule has 0 amide bonds. The molecule has 1 atom stereocenters. The first-order chi connectivity index (χ1) is 41.0. The number of carbonyl (C=O) groups is 3. The lowest BCUT2D eigenvalue weighted by Crippen LogP contribution is -2.30. The number of allylic oxidation sites excluding steroid dienone is 32. The van der Waals surface area contributed by atoms with Crippen LogP contribution in [0.1, 0.15) is 252 Å².